The fourth-order valence-corrected chi connectivity index (χ4v) is 1.54. The van der Waals surface area contributed by atoms with Gasteiger partial charge in [-0.1, -0.05) is 18.7 Å². The third-order valence-corrected chi connectivity index (χ3v) is 2.21. The molecule has 0 bridgehead atoms. The standard InChI is InChI=1S/C9H13N3O2S/c1-3-14-8(13)6-5-7(10)12-9(11-6)15-4-2/h5H,3-4H2,1-2H3,(H2,10,11,12). The first-order valence-corrected chi connectivity index (χ1v) is 5.60. The minimum absolute atomic E-state index is 0.209. The smallest absolute Gasteiger partial charge is 0.357 e. The van der Waals surface area contributed by atoms with Gasteiger partial charge in [0.25, 0.3) is 0 Å². The Hall–Kier alpha value is -1.30. The normalized spacial score (nSPS) is 10.0. The summed E-state index contributed by atoms with van der Waals surface area (Å²) in [5.74, 6) is 0.639. The first-order valence-electron chi connectivity index (χ1n) is 4.61. The summed E-state index contributed by atoms with van der Waals surface area (Å²) in [7, 11) is 0. The number of rotatable bonds is 4. The molecule has 0 fully saturated rings. The molecule has 0 atom stereocenters. The quantitative estimate of drug-likeness (QED) is 0.475. The van der Waals surface area contributed by atoms with E-state index in [1.807, 2.05) is 6.92 Å². The lowest BCUT2D eigenvalue weighted by Crippen LogP contribution is -2.09. The van der Waals surface area contributed by atoms with Gasteiger partial charge in [-0.15, -0.1) is 0 Å². The van der Waals surface area contributed by atoms with E-state index in [0.717, 1.165) is 5.75 Å². The Balaban J connectivity index is 2.92. The van der Waals surface area contributed by atoms with E-state index in [0.29, 0.717) is 11.8 Å². The van der Waals surface area contributed by atoms with Crippen LogP contribution in [0.1, 0.15) is 24.3 Å². The predicted molar refractivity (Wildman–Crippen MR) is 58.8 cm³/mol. The molecular weight excluding hydrogens is 214 g/mol. The van der Waals surface area contributed by atoms with Gasteiger partial charge < -0.3 is 10.5 Å². The molecule has 0 amide bonds. The van der Waals surface area contributed by atoms with E-state index in [1.165, 1.54) is 17.8 Å². The van der Waals surface area contributed by atoms with Crippen LogP contribution in [0.5, 0.6) is 0 Å². The molecule has 1 rings (SSSR count). The third-order valence-electron chi connectivity index (χ3n) is 1.48. The molecule has 0 saturated heterocycles. The molecule has 0 radical (unpaired) electrons. The van der Waals surface area contributed by atoms with Crippen molar-refractivity contribution in [2.24, 2.45) is 0 Å². The van der Waals surface area contributed by atoms with Crippen molar-refractivity contribution in [3.05, 3.63) is 11.8 Å². The number of nitrogen functional groups attached to an aromatic ring is 1. The van der Waals surface area contributed by atoms with Crippen molar-refractivity contribution in [3.63, 3.8) is 0 Å². The average molecular weight is 227 g/mol. The zero-order valence-corrected chi connectivity index (χ0v) is 9.50. The van der Waals surface area contributed by atoms with E-state index in [-0.39, 0.29) is 11.5 Å². The van der Waals surface area contributed by atoms with Gasteiger partial charge in [-0.3, -0.25) is 0 Å². The topological polar surface area (TPSA) is 78.1 Å². The van der Waals surface area contributed by atoms with Crippen molar-refractivity contribution in [2.75, 3.05) is 18.1 Å². The molecule has 1 heterocycles. The summed E-state index contributed by atoms with van der Waals surface area (Å²) in [6.07, 6.45) is 0. The van der Waals surface area contributed by atoms with Gasteiger partial charge in [0.05, 0.1) is 6.61 Å². The maximum Gasteiger partial charge on any atom is 0.357 e. The predicted octanol–water partition coefficient (Wildman–Crippen LogP) is 1.35. The van der Waals surface area contributed by atoms with Crippen LogP contribution >= 0.6 is 11.8 Å². The Morgan fingerprint density at radius 3 is 2.87 bits per heavy atom. The molecule has 5 nitrogen and oxygen atoms in total. The van der Waals surface area contributed by atoms with E-state index >= 15 is 0 Å². The van der Waals surface area contributed by atoms with Crippen LogP contribution in [0.25, 0.3) is 0 Å². The Morgan fingerprint density at radius 2 is 2.27 bits per heavy atom. The number of anilines is 1. The number of ether oxygens (including phenoxy) is 1. The maximum absolute atomic E-state index is 11.4. The Kier molecular flexibility index (Phi) is 4.36. The number of carbonyl (C=O) groups is 1. The number of esters is 1. The highest BCUT2D eigenvalue weighted by atomic mass is 32.2. The molecular formula is C9H13N3O2S. The second-order valence-corrected chi connectivity index (χ2v) is 3.85. The summed E-state index contributed by atoms with van der Waals surface area (Å²) in [5, 5.41) is 0.501. The highest BCUT2D eigenvalue weighted by Crippen LogP contribution is 2.15. The average Bonchev–Trinajstić information content (AvgIpc) is 2.17. The fourth-order valence-electron chi connectivity index (χ4n) is 0.946. The second kappa shape index (κ2) is 5.55. The van der Waals surface area contributed by atoms with Crippen molar-refractivity contribution < 1.29 is 9.53 Å². The van der Waals surface area contributed by atoms with Crippen molar-refractivity contribution in [2.45, 2.75) is 19.0 Å². The molecule has 0 saturated carbocycles. The third kappa shape index (κ3) is 3.39. The lowest BCUT2D eigenvalue weighted by Gasteiger charge is -2.03. The molecule has 6 heteroatoms. The van der Waals surface area contributed by atoms with Crippen LogP contribution in [0.15, 0.2) is 11.2 Å². The van der Waals surface area contributed by atoms with Gasteiger partial charge in [-0.05, 0) is 12.7 Å². The summed E-state index contributed by atoms with van der Waals surface area (Å²) in [6, 6.07) is 1.41. The van der Waals surface area contributed by atoms with Crippen LogP contribution in [-0.4, -0.2) is 28.3 Å². The van der Waals surface area contributed by atoms with Crippen molar-refractivity contribution in [1.82, 2.24) is 9.97 Å². The van der Waals surface area contributed by atoms with E-state index in [4.69, 9.17) is 10.5 Å². The number of hydrogen-bond acceptors (Lipinski definition) is 6. The zero-order chi connectivity index (χ0) is 11.3. The lowest BCUT2D eigenvalue weighted by atomic mass is 10.4. The molecule has 0 aliphatic carbocycles. The first-order chi connectivity index (χ1) is 7.17. The molecule has 1 aromatic rings. The van der Waals surface area contributed by atoms with Crippen LogP contribution in [0, 0.1) is 0 Å². The largest absolute Gasteiger partial charge is 0.461 e. The second-order valence-electron chi connectivity index (χ2n) is 2.61. The summed E-state index contributed by atoms with van der Waals surface area (Å²) in [4.78, 5) is 19.4. The molecule has 0 spiro atoms. The van der Waals surface area contributed by atoms with Crippen LogP contribution in [0.3, 0.4) is 0 Å². The highest BCUT2D eigenvalue weighted by molar-refractivity contribution is 7.99. The number of carbonyl (C=O) groups excluding carboxylic acids is 1. The first kappa shape index (κ1) is 11.8. The van der Waals surface area contributed by atoms with Crippen molar-refractivity contribution in [1.29, 1.82) is 0 Å². The number of nitrogens with two attached hydrogens (primary N) is 1. The van der Waals surface area contributed by atoms with Gasteiger partial charge in [0.1, 0.15) is 5.82 Å². The number of thioether (sulfide) groups is 1. The number of nitrogens with zero attached hydrogens (tertiary/aromatic N) is 2. The van der Waals surface area contributed by atoms with E-state index < -0.39 is 5.97 Å². The summed E-state index contributed by atoms with van der Waals surface area (Å²) in [5.41, 5.74) is 5.76. The number of aromatic nitrogens is 2. The van der Waals surface area contributed by atoms with Gasteiger partial charge >= 0.3 is 5.97 Å². The Labute approximate surface area is 92.4 Å². The van der Waals surface area contributed by atoms with Crippen LogP contribution in [0.4, 0.5) is 5.82 Å². The molecule has 0 aromatic carbocycles. The molecule has 1 aromatic heterocycles. The van der Waals surface area contributed by atoms with Crippen molar-refractivity contribution in [3.8, 4) is 0 Å². The van der Waals surface area contributed by atoms with Gasteiger partial charge in [-0.2, -0.15) is 0 Å². The number of hydrogen-bond donors (Lipinski definition) is 1. The lowest BCUT2D eigenvalue weighted by molar-refractivity contribution is 0.0518. The van der Waals surface area contributed by atoms with Crippen LogP contribution in [0.2, 0.25) is 0 Å². The molecule has 0 unspecified atom stereocenters. The highest BCUT2D eigenvalue weighted by Gasteiger charge is 2.11. The van der Waals surface area contributed by atoms with Crippen molar-refractivity contribution >= 4 is 23.5 Å². The Morgan fingerprint density at radius 1 is 1.53 bits per heavy atom. The summed E-state index contributed by atoms with van der Waals surface area (Å²) < 4.78 is 4.82. The molecule has 82 valence electrons. The summed E-state index contributed by atoms with van der Waals surface area (Å²) >= 11 is 1.43. The van der Waals surface area contributed by atoms with E-state index in [2.05, 4.69) is 9.97 Å². The fraction of sp³-hybridized carbons (Fsp3) is 0.444. The van der Waals surface area contributed by atoms with Crippen LogP contribution in [-0.2, 0) is 4.74 Å². The monoisotopic (exact) mass is 227 g/mol. The molecule has 0 aliphatic heterocycles. The molecule has 0 aliphatic rings. The minimum atomic E-state index is -0.468. The van der Waals surface area contributed by atoms with Gasteiger partial charge in [0, 0.05) is 6.07 Å². The van der Waals surface area contributed by atoms with Gasteiger partial charge in [-0.25, -0.2) is 14.8 Å². The van der Waals surface area contributed by atoms with Gasteiger partial charge in [0.15, 0.2) is 10.9 Å². The zero-order valence-electron chi connectivity index (χ0n) is 8.69. The van der Waals surface area contributed by atoms with Crippen LogP contribution < -0.4 is 5.73 Å². The Bertz CT molecular complexity index is 357. The van der Waals surface area contributed by atoms with Gasteiger partial charge in [0.2, 0.25) is 0 Å². The maximum atomic E-state index is 11.4. The molecule has 15 heavy (non-hydrogen) atoms. The summed E-state index contributed by atoms with van der Waals surface area (Å²) in [6.45, 7) is 4.03. The van der Waals surface area contributed by atoms with E-state index in [9.17, 15) is 4.79 Å². The molecule has 2 N–H and O–H groups in total. The van der Waals surface area contributed by atoms with E-state index in [1.54, 1.807) is 6.92 Å². The SMILES string of the molecule is CCOC(=O)c1cc(N)nc(SCC)n1. The minimum Gasteiger partial charge on any atom is -0.461 e.